The average Bonchev–Trinajstić information content (AvgIpc) is 2.50. The Labute approximate surface area is 124 Å². The van der Waals surface area contributed by atoms with E-state index in [9.17, 15) is 0 Å². The fourth-order valence-electron chi connectivity index (χ4n) is 2.39. The monoisotopic (exact) mass is 277 g/mol. The van der Waals surface area contributed by atoms with E-state index in [0.717, 1.165) is 26.2 Å². The Kier molecular flexibility index (Phi) is 8.47. The van der Waals surface area contributed by atoms with Gasteiger partial charge < -0.3 is 5.32 Å². The molecular formula is C17H31N3. The van der Waals surface area contributed by atoms with Crippen LogP contribution >= 0.6 is 0 Å². The third-order valence-electron chi connectivity index (χ3n) is 4.05. The summed E-state index contributed by atoms with van der Waals surface area (Å²) in [4.78, 5) is 6.61. The summed E-state index contributed by atoms with van der Waals surface area (Å²) in [5.74, 6) is 0.716. The maximum atomic E-state index is 4.09. The van der Waals surface area contributed by atoms with Gasteiger partial charge >= 0.3 is 0 Å². The van der Waals surface area contributed by atoms with Crippen LogP contribution in [0.2, 0.25) is 0 Å². The minimum atomic E-state index is 0.585. The number of likely N-dealkylation sites (N-methyl/N-ethyl adjacent to an activating group) is 1. The van der Waals surface area contributed by atoms with Gasteiger partial charge in [0.1, 0.15) is 0 Å². The molecule has 2 unspecified atom stereocenters. The van der Waals surface area contributed by atoms with Crippen LogP contribution < -0.4 is 5.32 Å². The van der Waals surface area contributed by atoms with E-state index in [4.69, 9.17) is 0 Å². The van der Waals surface area contributed by atoms with E-state index in [1.165, 1.54) is 18.4 Å². The van der Waals surface area contributed by atoms with Gasteiger partial charge in [0.2, 0.25) is 0 Å². The molecule has 0 saturated heterocycles. The molecule has 1 rings (SSSR count). The van der Waals surface area contributed by atoms with Crippen molar-refractivity contribution in [3.05, 3.63) is 30.1 Å². The minimum absolute atomic E-state index is 0.585. The fourth-order valence-corrected chi connectivity index (χ4v) is 2.39. The molecule has 0 saturated carbocycles. The van der Waals surface area contributed by atoms with E-state index < -0.39 is 0 Å². The normalized spacial score (nSPS) is 14.4. The Morgan fingerprint density at radius 3 is 2.45 bits per heavy atom. The zero-order chi connectivity index (χ0) is 14.8. The predicted molar refractivity (Wildman–Crippen MR) is 86.7 cm³/mol. The summed E-state index contributed by atoms with van der Waals surface area (Å²) in [6.45, 7) is 13.4. The van der Waals surface area contributed by atoms with Crippen LogP contribution in [0.25, 0.3) is 0 Å². The molecule has 0 aliphatic rings. The smallest absolute Gasteiger partial charge is 0.0271 e. The summed E-state index contributed by atoms with van der Waals surface area (Å²) in [5.41, 5.74) is 1.35. The lowest BCUT2D eigenvalue weighted by atomic mass is 9.98. The first kappa shape index (κ1) is 17.1. The molecule has 1 heterocycles. The van der Waals surface area contributed by atoms with Gasteiger partial charge in [0.15, 0.2) is 0 Å². The lowest BCUT2D eigenvalue weighted by molar-refractivity contribution is 0.212. The van der Waals surface area contributed by atoms with Crippen LogP contribution in [0.3, 0.4) is 0 Å². The lowest BCUT2D eigenvalue weighted by Crippen LogP contribution is -2.44. The van der Waals surface area contributed by atoms with Crippen LogP contribution in [0.4, 0.5) is 0 Å². The van der Waals surface area contributed by atoms with Crippen LogP contribution in [0, 0.1) is 5.92 Å². The Morgan fingerprint density at radius 2 is 1.90 bits per heavy atom. The first-order valence-corrected chi connectivity index (χ1v) is 8.05. The van der Waals surface area contributed by atoms with E-state index in [0.29, 0.717) is 12.0 Å². The number of hydrogen-bond acceptors (Lipinski definition) is 3. The van der Waals surface area contributed by atoms with E-state index in [1.807, 2.05) is 12.4 Å². The third-order valence-corrected chi connectivity index (χ3v) is 4.05. The molecule has 0 aliphatic heterocycles. The molecule has 3 nitrogen and oxygen atoms in total. The van der Waals surface area contributed by atoms with Crippen molar-refractivity contribution in [1.29, 1.82) is 0 Å². The van der Waals surface area contributed by atoms with Gasteiger partial charge in [-0.2, -0.15) is 0 Å². The van der Waals surface area contributed by atoms with Crippen LogP contribution in [-0.4, -0.2) is 35.6 Å². The van der Waals surface area contributed by atoms with Crippen LogP contribution in [0.5, 0.6) is 0 Å². The zero-order valence-corrected chi connectivity index (χ0v) is 13.6. The van der Waals surface area contributed by atoms with Crippen molar-refractivity contribution in [3.63, 3.8) is 0 Å². The highest BCUT2D eigenvalue weighted by Gasteiger charge is 2.18. The molecule has 1 aromatic heterocycles. The standard InChI is InChI=1S/C17H31N3/c1-5-10-19-17(15(4)6-2)14-20(7-3)13-16-8-11-18-12-9-16/h8-9,11-12,15,17,19H,5-7,10,13-14H2,1-4H3. The Morgan fingerprint density at radius 1 is 1.20 bits per heavy atom. The molecule has 0 amide bonds. The molecule has 1 aromatic rings. The summed E-state index contributed by atoms with van der Waals surface area (Å²) in [5, 5.41) is 3.72. The van der Waals surface area contributed by atoms with Gasteiger partial charge in [-0.1, -0.05) is 34.1 Å². The molecule has 0 aliphatic carbocycles. The molecule has 20 heavy (non-hydrogen) atoms. The Hall–Kier alpha value is -0.930. The first-order valence-electron chi connectivity index (χ1n) is 8.05. The van der Waals surface area contributed by atoms with Gasteiger partial charge in [-0.3, -0.25) is 9.88 Å². The number of aromatic nitrogens is 1. The fraction of sp³-hybridized carbons (Fsp3) is 0.706. The van der Waals surface area contributed by atoms with Crippen molar-refractivity contribution < 1.29 is 0 Å². The summed E-state index contributed by atoms with van der Waals surface area (Å²) in [6, 6.07) is 4.81. The van der Waals surface area contributed by atoms with E-state index in [-0.39, 0.29) is 0 Å². The molecule has 3 heteroatoms. The number of rotatable bonds is 10. The maximum Gasteiger partial charge on any atom is 0.0271 e. The van der Waals surface area contributed by atoms with Crippen molar-refractivity contribution in [2.75, 3.05) is 19.6 Å². The average molecular weight is 277 g/mol. The zero-order valence-electron chi connectivity index (χ0n) is 13.6. The molecule has 0 spiro atoms. The number of nitrogens with zero attached hydrogens (tertiary/aromatic N) is 2. The Bertz CT molecular complexity index is 339. The molecule has 0 fully saturated rings. The van der Waals surface area contributed by atoms with E-state index in [2.05, 4.69) is 55.0 Å². The summed E-state index contributed by atoms with van der Waals surface area (Å²) < 4.78 is 0. The van der Waals surface area contributed by atoms with Crippen LogP contribution in [-0.2, 0) is 6.54 Å². The summed E-state index contributed by atoms with van der Waals surface area (Å²) in [7, 11) is 0. The first-order chi connectivity index (χ1) is 9.71. The topological polar surface area (TPSA) is 28.2 Å². The van der Waals surface area contributed by atoms with Crippen molar-refractivity contribution in [1.82, 2.24) is 15.2 Å². The van der Waals surface area contributed by atoms with E-state index in [1.54, 1.807) is 0 Å². The van der Waals surface area contributed by atoms with Crippen molar-refractivity contribution in [2.24, 2.45) is 5.92 Å². The van der Waals surface area contributed by atoms with Crippen LogP contribution in [0.15, 0.2) is 24.5 Å². The highest BCUT2D eigenvalue weighted by Crippen LogP contribution is 2.11. The molecule has 2 atom stereocenters. The number of pyridine rings is 1. The Balaban J connectivity index is 2.58. The van der Waals surface area contributed by atoms with Gasteiger partial charge in [0, 0.05) is 31.5 Å². The molecule has 1 N–H and O–H groups in total. The van der Waals surface area contributed by atoms with Gasteiger partial charge in [-0.15, -0.1) is 0 Å². The van der Waals surface area contributed by atoms with Gasteiger partial charge in [0.25, 0.3) is 0 Å². The minimum Gasteiger partial charge on any atom is -0.312 e. The van der Waals surface area contributed by atoms with Crippen molar-refractivity contribution >= 4 is 0 Å². The molecule has 0 aromatic carbocycles. The second kappa shape index (κ2) is 9.89. The summed E-state index contributed by atoms with van der Waals surface area (Å²) in [6.07, 6.45) is 6.19. The van der Waals surface area contributed by atoms with Crippen molar-refractivity contribution in [3.8, 4) is 0 Å². The van der Waals surface area contributed by atoms with E-state index >= 15 is 0 Å². The highest BCUT2D eigenvalue weighted by atomic mass is 15.1. The maximum absolute atomic E-state index is 4.09. The SMILES string of the molecule is CCCNC(CN(CC)Cc1ccncc1)C(C)CC. The second-order valence-electron chi connectivity index (χ2n) is 5.63. The third kappa shape index (κ3) is 6.02. The second-order valence-corrected chi connectivity index (χ2v) is 5.63. The highest BCUT2D eigenvalue weighted by molar-refractivity contribution is 5.09. The van der Waals surface area contributed by atoms with Gasteiger partial charge in [0.05, 0.1) is 0 Å². The van der Waals surface area contributed by atoms with Gasteiger partial charge in [-0.05, 0) is 43.1 Å². The lowest BCUT2D eigenvalue weighted by Gasteiger charge is -2.31. The number of hydrogen-bond donors (Lipinski definition) is 1. The molecule has 114 valence electrons. The van der Waals surface area contributed by atoms with Crippen molar-refractivity contribution in [2.45, 2.75) is 53.1 Å². The largest absolute Gasteiger partial charge is 0.312 e. The summed E-state index contributed by atoms with van der Waals surface area (Å²) >= 11 is 0. The van der Waals surface area contributed by atoms with Crippen LogP contribution in [0.1, 0.15) is 46.1 Å². The number of nitrogens with one attached hydrogen (secondary N) is 1. The molecule has 0 radical (unpaired) electrons. The molecule has 0 bridgehead atoms. The predicted octanol–water partition coefficient (Wildman–Crippen LogP) is 3.32. The quantitative estimate of drug-likeness (QED) is 0.711. The molecular weight excluding hydrogens is 246 g/mol. The van der Waals surface area contributed by atoms with Gasteiger partial charge in [-0.25, -0.2) is 0 Å².